The Labute approximate surface area is 190 Å². The molecule has 0 amide bonds. The van der Waals surface area contributed by atoms with E-state index in [2.05, 4.69) is 23.8 Å². The minimum Gasteiger partial charge on any atom is -0.348 e. The number of benzene rings is 2. The van der Waals surface area contributed by atoms with Gasteiger partial charge in [0.15, 0.2) is 0 Å². The number of nitrogens with zero attached hydrogens (tertiary/aromatic N) is 1. The fourth-order valence-electron chi connectivity index (χ4n) is 3.50. The number of hydrogen-bond donors (Lipinski definition) is 1. The first-order chi connectivity index (χ1) is 15.3. The Hall–Kier alpha value is -2.76. The lowest BCUT2D eigenvalue weighted by Gasteiger charge is -2.13. The number of alkyl halides is 3. The lowest BCUT2D eigenvalue weighted by atomic mass is 9.38. The Morgan fingerprint density at radius 3 is 2.03 bits per heavy atom. The Balaban J connectivity index is 0.000000278. The molecule has 3 aromatic rings. The highest BCUT2D eigenvalue weighted by Crippen LogP contribution is 2.16. The molecule has 0 aliphatic rings. The van der Waals surface area contributed by atoms with Crippen LogP contribution in [0.3, 0.4) is 0 Å². The number of hydrogen-bond acceptors (Lipinski definition) is 1. The van der Waals surface area contributed by atoms with Crippen molar-refractivity contribution in [2.45, 2.75) is 52.0 Å². The number of imidazole rings is 1. The highest BCUT2D eigenvalue weighted by molar-refractivity contribution is 6.85. The summed E-state index contributed by atoms with van der Waals surface area (Å²) in [5.41, 5.74) is 3.51. The average Bonchev–Trinajstić information content (AvgIpc) is 3.28. The lowest BCUT2D eigenvalue weighted by molar-refractivity contribution is -0.0800. The Kier molecular flexibility index (Phi) is 10.8. The number of aromatic amines is 1. The van der Waals surface area contributed by atoms with Crippen molar-refractivity contribution in [2.24, 2.45) is 5.92 Å². The van der Waals surface area contributed by atoms with Gasteiger partial charge in [0, 0.05) is 18.0 Å². The largest absolute Gasteiger partial charge is 0.409 e. The van der Waals surface area contributed by atoms with Crippen LogP contribution in [0.15, 0.2) is 85.3 Å². The standard InChI is InChI=1S/C17H16BF3.C9H16N2/c19-17(20,21)13-7-8-14-18(15-9-3-1-4-10-15)16-11-5-2-6-12-16;1-8(2)4-3-5-9-6-10-7-11-9/h1-7,9-13H,8,14H2;6-8H,3-5H2,1-2H3,(H,10,11). The van der Waals surface area contributed by atoms with Gasteiger partial charge in [0.1, 0.15) is 0 Å². The number of rotatable bonds is 9. The van der Waals surface area contributed by atoms with Crippen LogP contribution in [0.5, 0.6) is 0 Å². The normalized spacial score (nSPS) is 11.4. The zero-order valence-electron chi connectivity index (χ0n) is 18.9. The number of aryl methyl sites for hydroxylation is 1. The van der Waals surface area contributed by atoms with Gasteiger partial charge >= 0.3 is 6.18 Å². The molecule has 0 aliphatic heterocycles. The van der Waals surface area contributed by atoms with Crippen molar-refractivity contribution < 1.29 is 13.2 Å². The van der Waals surface area contributed by atoms with Gasteiger partial charge in [-0.1, -0.05) is 104 Å². The van der Waals surface area contributed by atoms with E-state index in [1.807, 2.05) is 66.9 Å². The van der Waals surface area contributed by atoms with Gasteiger partial charge in [0.05, 0.1) is 6.33 Å². The first-order valence-electron chi connectivity index (χ1n) is 11.2. The van der Waals surface area contributed by atoms with E-state index in [1.165, 1.54) is 24.6 Å². The van der Waals surface area contributed by atoms with Crippen molar-refractivity contribution in [3.63, 3.8) is 0 Å². The van der Waals surface area contributed by atoms with Crippen LogP contribution in [0.4, 0.5) is 13.2 Å². The first-order valence-corrected chi connectivity index (χ1v) is 11.2. The molecule has 0 unspecified atom stereocenters. The fourth-order valence-corrected chi connectivity index (χ4v) is 3.50. The monoisotopic (exact) mass is 440 g/mol. The maximum absolute atomic E-state index is 12.1. The third-order valence-corrected chi connectivity index (χ3v) is 5.12. The molecular weight excluding hydrogens is 408 g/mol. The van der Waals surface area contributed by atoms with Crippen LogP contribution in [0.1, 0.15) is 38.8 Å². The minimum absolute atomic E-state index is 0.116. The van der Waals surface area contributed by atoms with Crippen LogP contribution in [-0.4, -0.2) is 22.9 Å². The van der Waals surface area contributed by atoms with Gasteiger partial charge in [-0.2, -0.15) is 13.2 Å². The number of allylic oxidation sites excluding steroid dienone is 2. The Morgan fingerprint density at radius 1 is 0.969 bits per heavy atom. The number of aromatic nitrogens is 2. The summed E-state index contributed by atoms with van der Waals surface area (Å²) in [6, 6.07) is 19.8. The van der Waals surface area contributed by atoms with E-state index in [-0.39, 0.29) is 6.71 Å². The molecule has 1 N–H and O–H groups in total. The maximum Gasteiger partial charge on any atom is 0.409 e. The highest BCUT2D eigenvalue weighted by atomic mass is 19.4. The molecule has 170 valence electrons. The maximum atomic E-state index is 12.1. The number of halogens is 3. The van der Waals surface area contributed by atoms with Crippen molar-refractivity contribution in [3.8, 4) is 0 Å². The summed E-state index contributed by atoms with van der Waals surface area (Å²) in [4.78, 5) is 7.06. The van der Waals surface area contributed by atoms with Crippen molar-refractivity contribution in [3.05, 3.63) is 91.0 Å². The highest BCUT2D eigenvalue weighted by Gasteiger charge is 2.22. The Morgan fingerprint density at radius 2 is 1.56 bits per heavy atom. The van der Waals surface area contributed by atoms with Crippen molar-refractivity contribution >= 4 is 17.6 Å². The summed E-state index contributed by atoms with van der Waals surface area (Å²) in [7, 11) is 0. The molecule has 0 bridgehead atoms. The van der Waals surface area contributed by atoms with E-state index in [0.29, 0.717) is 18.8 Å². The summed E-state index contributed by atoms with van der Waals surface area (Å²) in [6.07, 6.45) is 5.70. The van der Waals surface area contributed by atoms with E-state index in [1.54, 1.807) is 6.33 Å². The molecule has 6 heteroatoms. The quantitative estimate of drug-likeness (QED) is 0.312. The molecule has 1 aromatic heterocycles. The molecule has 0 fully saturated rings. The molecule has 0 saturated carbocycles. The molecular formula is C26H32BF3N2. The first kappa shape index (κ1) is 25.5. The fraction of sp³-hybridized carbons (Fsp3) is 0.346. The van der Waals surface area contributed by atoms with Crippen LogP contribution >= 0.6 is 0 Å². The third-order valence-electron chi connectivity index (χ3n) is 5.12. The van der Waals surface area contributed by atoms with E-state index >= 15 is 0 Å². The second kappa shape index (κ2) is 13.6. The summed E-state index contributed by atoms with van der Waals surface area (Å²) in [5.74, 6) is 0.818. The molecule has 0 aliphatic carbocycles. The van der Waals surface area contributed by atoms with E-state index in [9.17, 15) is 13.2 Å². The van der Waals surface area contributed by atoms with Crippen LogP contribution in [-0.2, 0) is 6.42 Å². The molecule has 3 rings (SSSR count). The van der Waals surface area contributed by atoms with E-state index in [4.69, 9.17) is 0 Å². The predicted octanol–water partition coefficient (Wildman–Crippen LogP) is 6.19. The average molecular weight is 440 g/mol. The zero-order valence-corrected chi connectivity index (χ0v) is 18.9. The Bertz CT molecular complexity index is 837. The molecule has 0 radical (unpaired) electrons. The third kappa shape index (κ3) is 10.5. The van der Waals surface area contributed by atoms with Gasteiger partial charge in [0.25, 0.3) is 0 Å². The number of nitrogens with one attached hydrogen (secondary N) is 1. The van der Waals surface area contributed by atoms with Crippen molar-refractivity contribution in [1.29, 1.82) is 0 Å². The second-order valence-corrected chi connectivity index (χ2v) is 8.26. The van der Waals surface area contributed by atoms with Gasteiger partial charge in [-0.3, -0.25) is 0 Å². The smallest absolute Gasteiger partial charge is 0.348 e. The van der Waals surface area contributed by atoms with Crippen LogP contribution in [0.2, 0.25) is 6.32 Å². The van der Waals surface area contributed by atoms with Gasteiger partial charge in [0.2, 0.25) is 6.71 Å². The van der Waals surface area contributed by atoms with E-state index in [0.717, 1.165) is 23.3 Å². The lowest BCUT2D eigenvalue weighted by Crippen LogP contribution is -2.41. The SMILES string of the molecule is CC(C)CCCc1cnc[nH]1.FC(F)(F)C=CCCB(c1ccccc1)c1ccccc1. The van der Waals surface area contributed by atoms with Gasteiger partial charge in [-0.25, -0.2) is 4.98 Å². The van der Waals surface area contributed by atoms with Gasteiger partial charge < -0.3 is 4.98 Å². The summed E-state index contributed by atoms with van der Waals surface area (Å²) < 4.78 is 36.4. The van der Waals surface area contributed by atoms with Crippen LogP contribution < -0.4 is 10.9 Å². The summed E-state index contributed by atoms with van der Waals surface area (Å²) >= 11 is 0. The molecule has 1 heterocycles. The minimum atomic E-state index is -4.23. The molecule has 2 nitrogen and oxygen atoms in total. The predicted molar refractivity (Wildman–Crippen MR) is 129 cm³/mol. The molecule has 2 aromatic carbocycles. The van der Waals surface area contributed by atoms with Crippen LogP contribution in [0.25, 0.3) is 0 Å². The van der Waals surface area contributed by atoms with Crippen molar-refractivity contribution in [2.75, 3.05) is 0 Å². The summed E-state index contributed by atoms with van der Waals surface area (Å²) in [6.45, 7) is 4.63. The molecule has 0 spiro atoms. The van der Waals surface area contributed by atoms with Crippen molar-refractivity contribution in [1.82, 2.24) is 9.97 Å². The number of H-pyrrole nitrogens is 1. The topological polar surface area (TPSA) is 28.7 Å². The molecule has 0 saturated heterocycles. The van der Waals surface area contributed by atoms with Crippen LogP contribution in [0, 0.1) is 5.92 Å². The zero-order chi connectivity index (χ0) is 23.2. The molecule has 0 atom stereocenters. The second-order valence-electron chi connectivity index (χ2n) is 8.26. The summed E-state index contributed by atoms with van der Waals surface area (Å²) in [5, 5.41) is 0. The molecule has 32 heavy (non-hydrogen) atoms. The van der Waals surface area contributed by atoms with Gasteiger partial charge in [-0.15, -0.1) is 0 Å². The van der Waals surface area contributed by atoms with E-state index < -0.39 is 6.18 Å². The van der Waals surface area contributed by atoms with Gasteiger partial charge in [-0.05, 0) is 25.2 Å².